The van der Waals surface area contributed by atoms with E-state index in [1.54, 1.807) is 21.3 Å². The van der Waals surface area contributed by atoms with E-state index in [0.29, 0.717) is 12.0 Å². The highest BCUT2D eigenvalue weighted by Gasteiger charge is 2.37. The fourth-order valence-electron chi connectivity index (χ4n) is 4.55. The second kappa shape index (κ2) is 14.4. The van der Waals surface area contributed by atoms with Crippen LogP contribution in [-0.4, -0.2) is 42.8 Å². The molecular weight excluding hydrogens is 392 g/mol. The van der Waals surface area contributed by atoms with Crippen molar-refractivity contribution in [3.63, 3.8) is 0 Å². The molecule has 1 aliphatic rings. The average Bonchev–Trinajstić information content (AvgIpc) is 2.80. The molecule has 0 heterocycles. The standard InChI is InChI=1S/C25H44O4Si/c1-5-6-7-8-9-11-22-12-14-23(15-13-22)24-16-18-25(19-17-24)29-20-10-21-30(26-2,27-3)28-4/h12-15,24-25H,5-11,16-21H2,1-4H3. The number of hydrogen-bond donors (Lipinski definition) is 0. The van der Waals surface area contributed by atoms with Crippen LogP contribution in [-0.2, 0) is 24.4 Å². The molecule has 0 atom stereocenters. The summed E-state index contributed by atoms with van der Waals surface area (Å²) in [5.41, 5.74) is 3.01. The summed E-state index contributed by atoms with van der Waals surface area (Å²) in [6.07, 6.45) is 14.1. The normalized spacial score (nSPS) is 19.9. The summed E-state index contributed by atoms with van der Waals surface area (Å²) in [4.78, 5) is 0. The first kappa shape index (κ1) is 25.5. The van der Waals surface area contributed by atoms with E-state index in [-0.39, 0.29) is 0 Å². The molecule has 172 valence electrons. The number of hydrogen-bond acceptors (Lipinski definition) is 4. The molecule has 1 fully saturated rings. The zero-order valence-electron chi connectivity index (χ0n) is 19.8. The van der Waals surface area contributed by atoms with Crippen LogP contribution >= 0.6 is 0 Å². The van der Waals surface area contributed by atoms with Crippen LogP contribution in [0.4, 0.5) is 0 Å². The second-order valence-electron chi connectivity index (χ2n) is 8.65. The first-order valence-corrected chi connectivity index (χ1v) is 14.0. The van der Waals surface area contributed by atoms with Gasteiger partial charge in [-0.3, -0.25) is 0 Å². The van der Waals surface area contributed by atoms with Crippen molar-refractivity contribution in [3.8, 4) is 0 Å². The van der Waals surface area contributed by atoms with Gasteiger partial charge in [-0.1, -0.05) is 56.9 Å². The van der Waals surface area contributed by atoms with Crippen LogP contribution in [0.3, 0.4) is 0 Å². The quantitative estimate of drug-likeness (QED) is 0.232. The van der Waals surface area contributed by atoms with E-state index in [0.717, 1.165) is 31.9 Å². The second-order valence-corrected chi connectivity index (χ2v) is 11.7. The summed E-state index contributed by atoms with van der Waals surface area (Å²) >= 11 is 0. The molecular formula is C25H44O4Si. The Morgan fingerprint density at radius 2 is 1.43 bits per heavy atom. The molecule has 5 heteroatoms. The van der Waals surface area contributed by atoms with Crippen LogP contribution < -0.4 is 0 Å². The number of ether oxygens (including phenoxy) is 1. The van der Waals surface area contributed by atoms with Gasteiger partial charge >= 0.3 is 8.80 Å². The third-order valence-corrected chi connectivity index (χ3v) is 9.44. The fourth-order valence-corrected chi connectivity index (χ4v) is 6.24. The molecule has 0 aromatic heterocycles. The third-order valence-electron chi connectivity index (χ3n) is 6.61. The summed E-state index contributed by atoms with van der Waals surface area (Å²) in [6.45, 7) is 3.03. The van der Waals surface area contributed by atoms with E-state index in [9.17, 15) is 0 Å². The van der Waals surface area contributed by atoms with Gasteiger partial charge in [0.2, 0.25) is 0 Å². The maximum atomic E-state index is 6.14. The van der Waals surface area contributed by atoms with Crippen molar-refractivity contribution >= 4 is 8.80 Å². The van der Waals surface area contributed by atoms with E-state index >= 15 is 0 Å². The lowest BCUT2D eigenvalue weighted by Crippen LogP contribution is -2.42. The fraction of sp³-hybridized carbons (Fsp3) is 0.760. The van der Waals surface area contributed by atoms with Gasteiger partial charge in [0.1, 0.15) is 0 Å². The van der Waals surface area contributed by atoms with Crippen molar-refractivity contribution in [2.75, 3.05) is 27.9 Å². The van der Waals surface area contributed by atoms with E-state index < -0.39 is 8.80 Å². The van der Waals surface area contributed by atoms with Crippen molar-refractivity contribution in [2.45, 2.75) is 95.6 Å². The Kier molecular flexibility index (Phi) is 12.2. The first-order chi connectivity index (χ1) is 14.7. The smallest absolute Gasteiger partial charge is 0.378 e. The van der Waals surface area contributed by atoms with Gasteiger partial charge in [0.25, 0.3) is 0 Å². The van der Waals surface area contributed by atoms with Crippen LogP contribution in [0, 0.1) is 0 Å². The van der Waals surface area contributed by atoms with Crippen molar-refractivity contribution in [2.24, 2.45) is 0 Å². The molecule has 0 saturated heterocycles. The molecule has 1 aliphatic carbocycles. The molecule has 1 aromatic carbocycles. The van der Waals surface area contributed by atoms with Crippen LogP contribution in [0.25, 0.3) is 0 Å². The molecule has 1 saturated carbocycles. The van der Waals surface area contributed by atoms with Crippen LogP contribution in [0.2, 0.25) is 6.04 Å². The lowest BCUT2D eigenvalue weighted by molar-refractivity contribution is 0.0225. The number of aryl methyl sites for hydroxylation is 1. The van der Waals surface area contributed by atoms with Crippen molar-refractivity contribution in [1.29, 1.82) is 0 Å². The Morgan fingerprint density at radius 1 is 0.800 bits per heavy atom. The molecule has 0 spiro atoms. The molecule has 0 N–H and O–H groups in total. The van der Waals surface area contributed by atoms with E-state index in [1.165, 1.54) is 62.5 Å². The lowest BCUT2D eigenvalue weighted by Gasteiger charge is -2.29. The van der Waals surface area contributed by atoms with Gasteiger partial charge in [-0.25, -0.2) is 0 Å². The summed E-state index contributed by atoms with van der Waals surface area (Å²) in [5.74, 6) is 0.694. The third kappa shape index (κ3) is 8.43. The van der Waals surface area contributed by atoms with Gasteiger partial charge in [0.05, 0.1) is 6.10 Å². The van der Waals surface area contributed by atoms with Crippen LogP contribution in [0.5, 0.6) is 0 Å². The van der Waals surface area contributed by atoms with Crippen LogP contribution in [0.1, 0.15) is 88.2 Å². The number of benzene rings is 1. The highest BCUT2D eigenvalue weighted by Crippen LogP contribution is 2.34. The van der Waals surface area contributed by atoms with E-state index in [2.05, 4.69) is 31.2 Å². The summed E-state index contributed by atoms with van der Waals surface area (Å²) < 4.78 is 22.6. The predicted molar refractivity (Wildman–Crippen MR) is 126 cm³/mol. The summed E-state index contributed by atoms with van der Waals surface area (Å²) in [7, 11) is 2.55. The molecule has 0 radical (unpaired) electrons. The Morgan fingerprint density at radius 3 is 2.03 bits per heavy atom. The molecule has 4 nitrogen and oxygen atoms in total. The topological polar surface area (TPSA) is 36.9 Å². The summed E-state index contributed by atoms with van der Waals surface area (Å²) in [5, 5.41) is 0. The maximum absolute atomic E-state index is 6.14. The van der Waals surface area contributed by atoms with E-state index in [1.807, 2.05) is 0 Å². The maximum Gasteiger partial charge on any atom is 0.500 e. The van der Waals surface area contributed by atoms with Gasteiger partial charge in [-0.2, -0.15) is 0 Å². The molecule has 0 amide bonds. The Bertz CT molecular complexity index is 543. The monoisotopic (exact) mass is 436 g/mol. The summed E-state index contributed by atoms with van der Waals surface area (Å²) in [6, 6.07) is 10.3. The van der Waals surface area contributed by atoms with Gasteiger partial charge in [0.15, 0.2) is 0 Å². The van der Waals surface area contributed by atoms with Crippen LogP contribution in [0.15, 0.2) is 24.3 Å². The molecule has 2 rings (SSSR count). The Hall–Kier alpha value is -0.723. The number of unbranched alkanes of at least 4 members (excludes halogenated alkanes) is 4. The zero-order valence-corrected chi connectivity index (χ0v) is 20.8. The first-order valence-electron chi connectivity index (χ1n) is 12.0. The molecule has 0 aliphatic heterocycles. The number of rotatable bonds is 15. The Labute approximate surface area is 186 Å². The van der Waals surface area contributed by atoms with Crippen molar-refractivity contribution in [3.05, 3.63) is 35.4 Å². The van der Waals surface area contributed by atoms with Crippen molar-refractivity contribution in [1.82, 2.24) is 0 Å². The molecule has 0 unspecified atom stereocenters. The lowest BCUT2D eigenvalue weighted by atomic mass is 9.82. The minimum Gasteiger partial charge on any atom is -0.378 e. The predicted octanol–water partition coefficient (Wildman–Crippen LogP) is 6.51. The molecule has 30 heavy (non-hydrogen) atoms. The van der Waals surface area contributed by atoms with E-state index in [4.69, 9.17) is 18.0 Å². The van der Waals surface area contributed by atoms with Gasteiger partial charge < -0.3 is 18.0 Å². The average molecular weight is 437 g/mol. The highest BCUT2D eigenvalue weighted by molar-refractivity contribution is 6.60. The minimum atomic E-state index is -2.46. The van der Waals surface area contributed by atoms with Gasteiger partial charge in [-0.15, -0.1) is 0 Å². The van der Waals surface area contributed by atoms with Gasteiger partial charge in [0, 0.05) is 34.0 Å². The Balaban J connectivity index is 1.64. The largest absolute Gasteiger partial charge is 0.500 e. The molecule has 0 bridgehead atoms. The highest BCUT2D eigenvalue weighted by atomic mass is 28.4. The molecule has 1 aromatic rings. The zero-order chi connectivity index (χ0) is 21.7. The minimum absolute atomic E-state index is 0.396. The van der Waals surface area contributed by atoms with Crippen molar-refractivity contribution < 1.29 is 18.0 Å². The SMILES string of the molecule is CCCCCCCc1ccc(C2CCC(OCCC[Si](OC)(OC)OC)CC2)cc1. The van der Waals surface area contributed by atoms with Gasteiger partial charge in [-0.05, 0) is 62.0 Å².